The summed E-state index contributed by atoms with van der Waals surface area (Å²) in [6.07, 6.45) is 0. The van der Waals surface area contributed by atoms with Gasteiger partial charge in [-0.25, -0.2) is 4.79 Å². The summed E-state index contributed by atoms with van der Waals surface area (Å²) in [5, 5.41) is 17.7. The zero-order valence-corrected chi connectivity index (χ0v) is 25.6. The number of nitrogens with zero attached hydrogens (tertiary/aromatic N) is 3. The first-order chi connectivity index (χ1) is 21.9. The molecule has 0 atom stereocenters. The van der Waals surface area contributed by atoms with E-state index in [0.717, 1.165) is 62.4 Å². The fourth-order valence-corrected chi connectivity index (χ4v) is 6.04. The average Bonchev–Trinajstić information content (AvgIpc) is 3.55. The maximum atomic E-state index is 12.9. The lowest BCUT2D eigenvalue weighted by Gasteiger charge is -2.12. The first-order valence-corrected chi connectivity index (χ1v) is 14.8. The van der Waals surface area contributed by atoms with Gasteiger partial charge in [-0.15, -0.1) is 0 Å². The molecule has 2 aromatic heterocycles. The van der Waals surface area contributed by atoms with E-state index in [1.54, 1.807) is 14.2 Å². The van der Waals surface area contributed by atoms with Crippen molar-refractivity contribution in [2.24, 2.45) is 0 Å². The molecule has 0 saturated carbocycles. The molecule has 4 aromatic carbocycles. The molecule has 0 aliphatic carbocycles. The van der Waals surface area contributed by atoms with Crippen molar-refractivity contribution >= 4 is 44.9 Å². The third-order valence-corrected chi connectivity index (χ3v) is 8.16. The van der Waals surface area contributed by atoms with Gasteiger partial charge in [-0.05, 0) is 67.9 Å². The van der Waals surface area contributed by atoms with E-state index >= 15 is 0 Å². The van der Waals surface area contributed by atoms with Crippen molar-refractivity contribution in [3.05, 3.63) is 90.5 Å². The minimum atomic E-state index is -0.364. The molecule has 9 nitrogen and oxygen atoms in total. The molecule has 0 bridgehead atoms. The summed E-state index contributed by atoms with van der Waals surface area (Å²) in [5.41, 5.74) is 14.7. The molecule has 226 valence electrons. The Balaban J connectivity index is 1.19. The monoisotopic (exact) mass is 598 g/mol. The van der Waals surface area contributed by atoms with E-state index in [2.05, 4.69) is 32.8 Å². The first kappa shape index (κ1) is 29.2. The molecule has 9 heteroatoms. The van der Waals surface area contributed by atoms with Crippen LogP contribution in [0.1, 0.15) is 19.4 Å². The number of anilines is 3. The van der Waals surface area contributed by atoms with Crippen LogP contribution in [-0.4, -0.2) is 29.4 Å². The fraction of sp³-hybridized carbons (Fsp3) is 0.167. The maximum Gasteiger partial charge on any atom is 0.323 e. The number of methoxy groups -OCH3 is 2. The zero-order valence-electron chi connectivity index (χ0n) is 25.6. The summed E-state index contributed by atoms with van der Waals surface area (Å²) < 4.78 is 15.1. The lowest BCUT2D eigenvalue weighted by molar-refractivity contribution is 0.262. The molecule has 6 rings (SSSR count). The van der Waals surface area contributed by atoms with Crippen LogP contribution in [-0.2, 0) is 13.1 Å². The molecule has 2 heterocycles. The lowest BCUT2D eigenvalue weighted by atomic mass is 10.1. The Morgan fingerprint density at radius 3 is 1.69 bits per heavy atom. The Morgan fingerprint density at radius 1 is 0.733 bits per heavy atom. The highest BCUT2D eigenvalue weighted by molar-refractivity contribution is 6.03. The summed E-state index contributed by atoms with van der Waals surface area (Å²) >= 11 is 0. The van der Waals surface area contributed by atoms with Gasteiger partial charge in [-0.1, -0.05) is 24.3 Å². The van der Waals surface area contributed by atoms with Gasteiger partial charge in [0.25, 0.3) is 0 Å². The first-order valence-electron chi connectivity index (χ1n) is 14.8. The number of hydrogen-bond donors (Lipinski definition) is 3. The number of hydrogen-bond acceptors (Lipinski definition) is 5. The number of carbonyl (C=O) groups is 1. The van der Waals surface area contributed by atoms with Crippen molar-refractivity contribution in [3.63, 3.8) is 0 Å². The molecule has 0 fully saturated rings. The number of ether oxygens (including phenoxy) is 2. The Labute approximate surface area is 261 Å². The van der Waals surface area contributed by atoms with Crippen molar-refractivity contribution in [1.29, 1.82) is 5.26 Å². The van der Waals surface area contributed by atoms with Crippen LogP contribution in [0.3, 0.4) is 0 Å². The number of carbonyl (C=O) groups excluding carboxylic acids is 1. The predicted octanol–water partition coefficient (Wildman–Crippen LogP) is 8.08. The third-order valence-electron chi connectivity index (χ3n) is 8.16. The second-order valence-corrected chi connectivity index (χ2v) is 10.6. The minimum absolute atomic E-state index is 0.364. The van der Waals surface area contributed by atoms with Crippen LogP contribution in [0.25, 0.3) is 44.3 Å². The molecule has 2 amide bonds. The molecule has 4 N–H and O–H groups in total. The molecular weight excluding hydrogens is 564 g/mol. The van der Waals surface area contributed by atoms with Crippen LogP contribution in [0.5, 0.6) is 11.5 Å². The van der Waals surface area contributed by atoms with E-state index in [0.29, 0.717) is 29.2 Å². The number of nitrogen functional groups attached to an aromatic ring is 1. The second-order valence-electron chi connectivity index (χ2n) is 10.6. The van der Waals surface area contributed by atoms with Crippen molar-refractivity contribution in [1.82, 2.24) is 9.13 Å². The van der Waals surface area contributed by atoms with E-state index in [-0.39, 0.29) is 6.03 Å². The van der Waals surface area contributed by atoms with Crippen LogP contribution in [0.2, 0.25) is 0 Å². The molecule has 0 radical (unpaired) electrons. The van der Waals surface area contributed by atoms with Gasteiger partial charge >= 0.3 is 6.03 Å². The second kappa shape index (κ2) is 12.0. The minimum Gasteiger partial charge on any atom is -0.497 e. The molecule has 0 aliphatic rings. The molecule has 0 saturated heterocycles. The van der Waals surface area contributed by atoms with E-state index in [9.17, 15) is 10.1 Å². The van der Waals surface area contributed by atoms with E-state index in [4.69, 9.17) is 15.2 Å². The van der Waals surface area contributed by atoms with Gasteiger partial charge in [-0.2, -0.15) is 5.26 Å². The number of aromatic nitrogens is 2. The maximum absolute atomic E-state index is 12.9. The summed E-state index contributed by atoms with van der Waals surface area (Å²) in [6, 6.07) is 28.8. The van der Waals surface area contributed by atoms with Gasteiger partial charge in [0.1, 0.15) is 17.6 Å². The third kappa shape index (κ3) is 5.17. The van der Waals surface area contributed by atoms with E-state index in [1.807, 2.05) is 91.9 Å². The number of nitriles is 1. The Morgan fingerprint density at radius 2 is 1.20 bits per heavy atom. The summed E-state index contributed by atoms with van der Waals surface area (Å²) in [6.45, 7) is 5.55. The van der Waals surface area contributed by atoms with Gasteiger partial charge < -0.3 is 35.0 Å². The zero-order chi connectivity index (χ0) is 31.7. The van der Waals surface area contributed by atoms with Crippen molar-refractivity contribution in [2.45, 2.75) is 26.9 Å². The number of rotatable bonds is 8. The van der Waals surface area contributed by atoms with E-state index in [1.165, 1.54) is 0 Å². The fourth-order valence-electron chi connectivity index (χ4n) is 6.04. The Hall–Kier alpha value is -5.88. The van der Waals surface area contributed by atoms with Crippen LogP contribution in [0.15, 0.2) is 84.9 Å². The molecule has 45 heavy (non-hydrogen) atoms. The smallest absolute Gasteiger partial charge is 0.323 e. The van der Waals surface area contributed by atoms with Gasteiger partial charge in [0.15, 0.2) is 0 Å². The number of aryl methyl sites for hydroxylation is 2. The summed E-state index contributed by atoms with van der Waals surface area (Å²) in [7, 11) is 3.28. The number of amides is 2. The summed E-state index contributed by atoms with van der Waals surface area (Å²) in [5.74, 6) is 1.51. The highest BCUT2D eigenvalue weighted by Crippen LogP contribution is 2.38. The topological polar surface area (TPSA) is 119 Å². The lowest BCUT2D eigenvalue weighted by Crippen LogP contribution is -2.19. The van der Waals surface area contributed by atoms with Crippen molar-refractivity contribution in [3.8, 4) is 40.1 Å². The quantitative estimate of drug-likeness (QED) is 0.164. The SMILES string of the molecule is CCn1c(-c2ccc(NC(=O)Nc3ccc(-c4c(C#N)c5ccc(OC)cc5n4CC)cc3)cc2)c(N)c2ccc(OC)cc21. The molecular formula is C36H34N6O3. The van der Waals surface area contributed by atoms with Gasteiger partial charge in [0, 0.05) is 52.9 Å². The Bertz CT molecular complexity index is 2080. The average molecular weight is 599 g/mol. The van der Waals surface area contributed by atoms with Crippen LogP contribution in [0.4, 0.5) is 21.9 Å². The summed E-state index contributed by atoms with van der Waals surface area (Å²) in [4.78, 5) is 12.9. The Kier molecular flexibility index (Phi) is 7.80. The molecule has 6 aromatic rings. The highest BCUT2D eigenvalue weighted by Gasteiger charge is 2.19. The van der Waals surface area contributed by atoms with Crippen LogP contribution < -0.4 is 25.8 Å². The number of nitrogens with two attached hydrogens (primary N) is 1. The van der Waals surface area contributed by atoms with Crippen LogP contribution >= 0.6 is 0 Å². The largest absolute Gasteiger partial charge is 0.497 e. The van der Waals surface area contributed by atoms with Crippen LogP contribution in [0, 0.1) is 11.3 Å². The highest BCUT2D eigenvalue weighted by atomic mass is 16.5. The number of urea groups is 1. The standard InChI is InChI=1S/C36H34N6O3/c1-5-41-31-19-26(44-3)15-17-28(31)30(21-37)34(41)22-7-11-24(12-8-22)39-36(43)40-25-13-9-23(10-14-25)35-33(38)29-18-16-27(45-4)20-32(29)42(35)6-2/h7-20H,5-6,38H2,1-4H3,(H2,39,40,43). The van der Waals surface area contributed by atoms with Crippen molar-refractivity contribution in [2.75, 3.05) is 30.6 Å². The predicted molar refractivity (Wildman–Crippen MR) is 181 cm³/mol. The molecule has 0 spiro atoms. The van der Waals surface area contributed by atoms with E-state index < -0.39 is 0 Å². The van der Waals surface area contributed by atoms with Gasteiger partial charge in [-0.3, -0.25) is 0 Å². The molecule has 0 unspecified atom stereocenters. The van der Waals surface area contributed by atoms with Gasteiger partial charge in [0.05, 0.1) is 47.9 Å². The number of nitrogens with one attached hydrogen (secondary N) is 2. The normalized spacial score (nSPS) is 11.0. The number of fused-ring (bicyclic) bond motifs is 2. The molecule has 0 aliphatic heterocycles. The van der Waals surface area contributed by atoms with Gasteiger partial charge in [0.2, 0.25) is 0 Å². The number of benzene rings is 4. The van der Waals surface area contributed by atoms with Crippen molar-refractivity contribution < 1.29 is 14.3 Å².